The van der Waals surface area contributed by atoms with Crippen molar-refractivity contribution in [3.8, 4) is 0 Å². The Bertz CT molecular complexity index is 705. The highest BCUT2D eigenvalue weighted by atomic mass is 35.5. The molecule has 0 saturated heterocycles. The third-order valence-corrected chi connectivity index (χ3v) is 2.97. The first-order valence-corrected chi connectivity index (χ1v) is 5.92. The molecule has 2 heterocycles. The minimum absolute atomic E-state index is 0.528. The molecule has 90 valence electrons. The van der Waals surface area contributed by atoms with Gasteiger partial charge in [-0.25, -0.2) is 4.98 Å². The van der Waals surface area contributed by atoms with Gasteiger partial charge in [0.25, 0.3) is 0 Å². The summed E-state index contributed by atoms with van der Waals surface area (Å²) in [5, 5.41) is 5.82. The number of anilines is 1. The predicted octanol–water partition coefficient (Wildman–Crippen LogP) is 2.72. The van der Waals surface area contributed by atoms with Crippen molar-refractivity contribution in [2.75, 3.05) is 5.73 Å². The molecule has 5 heteroatoms. The summed E-state index contributed by atoms with van der Waals surface area (Å²) in [6, 6.07) is 9.92. The topological polar surface area (TPSA) is 56.7 Å². The minimum atomic E-state index is 0.528. The molecule has 2 aromatic heterocycles. The Morgan fingerprint density at radius 1 is 1.28 bits per heavy atom. The van der Waals surface area contributed by atoms with Crippen LogP contribution < -0.4 is 5.73 Å². The van der Waals surface area contributed by atoms with E-state index in [0.29, 0.717) is 17.4 Å². The molecule has 18 heavy (non-hydrogen) atoms. The fourth-order valence-corrected chi connectivity index (χ4v) is 2.06. The van der Waals surface area contributed by atoms with Gasteiger partial charge in [0.05, 0.1) is 23.3 Å². The molecule has 3 aromatic rings. The largest absolute Gasteiger partial charge is 0.383 e. The van der Waals surface area contributed by atoms with Gasteiger partial charge in [-0.05, 0) is 12.1 Å². The van der Waals surface area contributed by atoms with Gasteiger partial charge in [0.15, 0.2) is 0 Å². The van der Waals surface area contributed by atoms with E-state index >= 15 is 0 Å². The molecule has 0 amide bonds. The van der Waals surface area contributed by atoms with Crippen molar-refractivity contribution in [1.29, 1.82) is 0 Å². The molecule has 0 unspecified atom stereocenters. The molecule has 0 aliphatic rings. The van der Waals surface area contributed by atoms with Crippen LogP contribution in [-0.4, -0.2) is 14.8 Å². The molecule has 0 saturated carbocycles. The van der Waals surface area contributed by atoms with Gasteiger partial charge in [-0.2, -0.15) is 5.10 Å². The van der Waals surface area contributed by atoms with E-state index in [0.717, 1.165) is 16.5 Å². The van der Waals surface area contributed by atoms with Crippen molar-refractivity contribution in [3.63, 3.8) is 0 Å². The third kappa shape index (κ3) is 2.02. The highest BCUT2D eigenvalue weighted by Gasteiger charge is 2.05. The van der Waals surface area contributed by atoms with E-state index in [2.05, 4.69) is 10.1 Å². The Kier molecular flexibility index (Phi) is 2.64. The number of pyridine rings is 1. The van der Waals surface area contributed by atoms with Gasteiger partial charge in [-0.3, -0.25) is 4.68 Å². The number of hydrogen-bond donors (Lipinski definition) is 1. The smallest absolute Gasteiger partial charge is 0.129 e. The average Bonchev–Trinajstić information content (AvgIpc) is 2.76. The molecule has 0 bridgehead atoms. The van der Waals surface area contributed by atoms with Crippen LogP contribution in [0.15, 0.2) is 42.7 Å². The second kappa shape index (κ2) is 4.31. The van der Waals surface area contributed by atoms with E-state index < -0.39 is 0 Å². The van der Waals surface area contributed by atoms with Gasteiger partial charge in [-0.15, -0.1) is 0 Å². The third-order valence-electron chi connectivity index (χ3n) is 2.77. The van der Waals surface area contributed by atoms with Crippen LogP contribution in [0.2, 0.25) is 5.02 Å². The van der Waals surface area contributed by atoms with Crippen molar-refractivity contribution < 1.29 is 0 Å². The van der Waals surface area contributed by atoms with Crippen molar-refractivity contribution in [3.05, 3.63) is 53.3 Å². The number of fused-ring (bicyclic) bond motifs is 1. The van der Waals surface area contributed by atoms with Crippen LogP contribution >= 0.6 is 11.6 Å². The highest BCUT2D eigenvalue weighted by molar-refractivity contribution is 6.30. The lowest BCUT2D eigenvalue weighted by atomic mass is 10.1. The summed E-state index contributed by atoms with van der Waals surface area (Å²) in [5.41, 5.74) is 7.79. The summed E-state index contributed by atoms with van der Waals surface area (Å²) < 4.78 is 1.74. The van der Waals surface area contributed by atoms with E-state index in [1.54, 1.807) is 17.1 Å². The van der Waals surface area contributed by atoms with Crippen molar-refractivity contribution in [1.82, 2.24) is 14.8 Å². The number of benzene rings is 1. The number of aromatic nitrogens is 3. The number of para-hydroxylation sites is 1. The lowest BCUT2D eigenvalue weighted by molar-refractivity contribution is 0.687. The number of nitrogens with zero attached hydrogens (tertiary/aromatic N) is 3. The molecule has 0 aliphatic heterocycles. The summed E-state index contributed by atoms with van der Waals surface area (Å²) in [7, 11) is 0. The lowest BCUT2D eigenvalue weighted by Gasteiger charge is -2.07. The van der Waals surface area contributed by atoms with Crippen LogP contribution in [0.4, 0.5) is 5.82 Å². The second-order valence-corrected chi connectivity index (χ2v) is 4.52. The van der Waals surface area contributed by atoms with Crippen LogP contribution in [0.5, 0.6) is 0 Å². The van der Waals surface area contributed by atoms with Crippen molar-refractivity contribution >= 4 is 28.3 Å². The monoisotopic (exact) mass is 258 g/mol. The van der Waals surface area contributed by atoms with Gasteiger partial charge >= 0.3 is 0 Å². The number of hydrogen-bond acceptors (Lipinski definition) is 3. The molecule has 0 radical (unpaired) electrons. The standard InChI is InChI=1S/C13H11ClN4/c14-11-6-16-18(8-11)7-10-5-9-3-1-2-4-12(9)17-13(10)15/h1-6,8H,7H2,(H2,15,17). The molecule has 0 aliphatic carbocycles. The van der Waals surface area contributed by atoms with Crippen LogP contribution in [0.25, 0.3) is 10.9 Å². The summed E-state index contributed by atoms with van der Waals surface area (Å²) in [6.07, 6.45) is 3.36. The Morgan fingerprint density at radius 3 is 2.89 bits per heavy atom. The first-order chi connectivity index (χ1) is 8.72. The first kappa shape index (κ1) is 11.0. The van der Waals surface area contributed by atoms with Crippen molar-refractivity contribution in [2.45, 2.75) is 6.54 Å². The minimum Gasteiger partial charge on any atom is -0.383 e. The molecule has 0 atom stereocenters. The zero-order valence-corrected chi connectivity index (χ0v) is 10.3. The van der Waals surface area contributed by atoms with E-state index in [1.807, 2.05) is 30.3 Å². The van der Waals surface area contributed by atoms with Crippen molar-refractivity contribution in [2.24, 2.45) is 0 Å². The van der Waals surface area contributed by atoms with E-state index in [1.165, 1.54) is 0 Å². The van der Waals surface area contributed by atoms with Crippen LogP contribution in [0.3, 0.4) is 0 Å². The van der Waals surface area contributed by atoms with Gasteiger partial charge in [0.1, 0.15) is 5.82 Å². The van der Waals surface area contributed by atoms with E-state index in [4.69, 9.17) is 17.3 Å². The summed E-state index contributed by atoms with van der Waals surface area (Å²) in [4.78, 5) is 4.38. The normalized spacial score (nSPS) is 10.9. The van der Waals surface area contributed by atoms with E-state index in [-0.39, 0.29) is 0 Å². The van der Waals surface area contributed by atoms with Crippen LogP contribution in [0.1, 0.15) is 5.56 Å². The number of nitrogens with two attached hydrogens (primary N) is 1. The van der Waals surface area contributed by atoms with Crippen LogP contribution in [0, 0.1) is 0 Å². The maximum Gasteiger partial charge on any atom is 0.129 e. The highest BCUT2D eigenvalue weighted by Crippen LogP contribution is 2.19. The molecule has 2 N–H and O–H groups in total. The molecule has 0 fully saturated rings. The van der Waals surface area contributed by atoms with Gasteiger partial charge in [0.2, 0.25) is 0 Å². The number of nitrogen functional groups attached to an aromatic ring is 1. The average molecular weight is 259 g/mol. The Hall–Kier alpha value is -2.07. The predicted molar refractivity (Wildman–Crippen MR) is 72.5 cm³/mol. The molecule has 4 nitrogen and oxygen atoms in total. The summed E-state index contributed by atoms with van der Waals surface area (Å²) in [5.74, 6) is 0.528. The lowest BCUT2D eigenvalue weighted by Crippen LogP contribution is -2.05. The molecule has 1 aromatic carbocycles. The molecular formula is C13H11ClN4. The number of halogens is 1. The fraction of sp³-hybridized carbons (Fsp3) is 0.0769. The summed E-state index contributed by atoms with van der Waals surface area (Å²) >= 11 is 5.83. The maximum absolute atomic E-state index is 5.96. The van der Waals surface area contributed by atoms with Crippen LogP contribution in [-0.2, 0) is 6.54 Å². The Labute approximate surface area is 109 Å². The molecule has 0 spiro atoms. The fourth-order valence-electron chi connectivity index (χ4n) is 1.90. The Morgan fingerprint density at radius 2 is 2.11 bits per heavy atom. The molecular weight excluding hydrogens is 248 g/mol. The quantitative estimate of drug-likeness (QED) is 0.769. The van der Waals surface area contributed by atoms with Gasteiger partial charge in [-0.1, -0.05) is 29.8 Å². The molecule has 3 rings (SSSR count). The van der Waals surface area contributed by atoms with E-state index in [9.17, 15) is 0 Å². The maximum atomic E-state index is 5.96. The zero-order valence-electron chi connectivity index (χ0n) is 9.55. The van der Waals surface area contributed by atoms with Gasteiger partial charge in [0, 0.05) is 17.1 Å². The van der Waals surface area contributed by atoms with Gasteiger partial charge < -0.3 is 5.73 Å². The second-order valence-electron chi connectivity index (χ2n) is 4.08. The SMILES string of the molecule is Nc1nc2ccccc2cc1Cn1cc(Cl)cn1. The number of rotatable bonds is 2. The Balaban J connectivity index is 2.03. The zero-order chi connectivity index (χ0) is 12.5. The first-order valence-electron chi connectivity index (χ1n) is 5.54. The summed E-state index contributed by atoms with van der Waals surface area (Å²) in [6.45, 7) is 0.566.